The number of pyridine rings is 1. The first kappa shape index (κ1) is 20.6. The molecule has 0 aromatic carbocycles. The Kier molecular flexibility index (Phi) is 4.25. The predicted octanol–water partition coefficient (Wildman–Crippen LogP) is 5.12. The predicted molar refractivity (Wildman–Crippen MR) is 103 cm³/mol. The summed E-state index contributed by atoms with van der Waals surface area (Å²) in [7, 11) is 0. The minimum Gasteiger partial charge on any atom is -0.261 e. The second-order valence-electron chi connectivity index (χ2n) is 6.96. The minimum absolute atomic E-state index is 0.0118. The Bertz CT molecular complexity index is 1510. The lowest BCUT2D eigenvalue weighted by molar-refractivity contribution is -0.142. The van der Waals surface area contributed by atoms with Gasteiger partial charge < -0.3 is 0 Å². The van der Waals surface area contributed by atoms with E-state index < -0.39 is 23.7 Å². The number of hydrogen-bond donors (Lipinski definition) is 0. The maximum atomic E-state index is 13.2. The maximum absolute atomic E-state index is 13.2. The second-order valence-corrected chi connectivity index (χ2v) is 7.96. The molecular formula is C18H11F6N7S. The summed E-state index contributed by atoms with van der Waals surface area (Å²) in [6.07, 6.45) is -7.92. The molecule has 7 nitrogen and oxygen atoms in total. The normalized spacial score (nSPS) is 13.1. The van der Waals surface area contributed by atoms with Crippen LogP contribution >= 0.6 is 11.3 Å². The first-order valence-electron chi connectivity index (χ1n) is 9.15. The van der Waals surface area contributed by atoms with Gasteiger partial charge in [-0.15, -0.1) is 16.4 Å². The van der Waals surface area contributed by atoms with Gasteiger partial charge in [0.1, 0.15) is 27.2 Å². The molecule has 0 atom stereocenters. The fraction of sp³-hybridized carbons (Fsp3) is 0.278. The van der Waals surface area contributed by atoms with Crippen molar-refractivity contribution in [3.8, 4) is 11.5 Å². The van der Waals surface area contributed by atoms with Crippen molar-refractivity contribution in [2.75, 3.05) is 0 Å². The van der Waals surface area contributed by atoms with Crippen molar-refractivity contribution in [2.24, 2.45) is 0 Å². The number of aromatic nitrogens is 7. The third kappa shape index (κ3) is 3.08. The first-order chi connectivity index (χ1) is 15.0. The van der Waals surface area contributed by atoms with Crippen molar-refractivity contribution >= 4 is 37.4 Å². The van der Waals surface area contributed by atoms with Crippen molar-refractivity contribution in [1.82, 2.24) is 34.3 Å². The van der Waals surface area contributed by atoms with Gasteiger partial charge >= 0.3 is 12.4 Å². The van der Waals surface area contributed by atoms with E-state index in [1.165, 1.54) is 17.8 Å². The second kappa shape index (κ2) is 6.60. The number of thiophene rings is 1. The van der Waals surface area contributed by atoms with E-state index in [-0.39, 0.29) is 28.5 Å². The smallest absolute Gasteiger partial charge is 0.261 e. The quantitative estimate of drug-likeness (QED) is 0.334. The fourth-order valence-electron chi connectivity index (χ4n) is 3.44. The molecule has 0 radical (unpaired) electrons. The first-order valence-corrected chi connectivity index (χ1v) is 9.97. The molecule has 5 aromatic rings. The molecular weight excluding hydrogens is 460 g/mol. The molecule has 166 valence electrons. The van der Waals surface area contributed by atoms with Gasteiger partial charge in [0.25, 0.3) is 0 Å². The molecule has 5 rings (SSSR count). The number of halogens is 6. The van der Waals surface area contributed by atoms with E-state index in [1.54, 1.807) is 6.92 Å². The van der Waals surface area contributed by atoms with Gasteiger partial charge in [-0.3, -0.25) is 4.68 Å². The summed E-state index contributed by atoms with van der Waals surface area (Å²) >= 11 is 0.964. The summed E-state index contributed by atoms with van der Waals surface area (Å²) in [6, 6.07) is 1.81. The Hall–Kier alpha value is -3.29. The molecule has 0 spiro atoms. The third-order valence-electron chi connectivity index (χ3n) is 4.85. The SMILES string of the molecule is CCn1nc(C(F)(F)F)cc1-c1nc2c3sc4nc(C(F)(F)F)cc(C)c4c3ncn2n1. The van der Waals surface area contributed by atoms with E-state index in [0.717, 1.165) is 28.2 Å². The Morgan fingerprint density at radius 2 is 1.69 bits per heavy atom. The lowest BCUT2D eigenvalue weighted by Gasteiger charge is -2.06. The minimum atomic E-state index is -4.63. The van der Waals surface area contributed by atoms with Crippen LogP contribution in [0.25, 0.3) is 37.6 Å². The maximum Gasteiger partial charge on any atom is 0.435 e. The highest BCUT2D eigenvalue weighted by Gasteiger charge is 2.36. The summed E-state index contributed by atoms with van der Waals surface area (Å²) in [5.41, 5.74) is -1.03. The molecule has 0 aliphatic rings. The monoisotopic (exact) mass is 471 g/mol. The zero-order valence-electron chi connectivity index (χ0n) is 16.2. The molecule has 5 heterocycles. The van der Waals surface area contributed by atoms with Crippen molar-refractivity contribution < 1.29 is 26.3 Å². The van der Waals surface area contributed by atoms with E-state index in [0.29, 0.717) is 21.2 Å². The summed E-state index contributed by atoms with van der Waals surface area (Å²) in [5.74, 6) is -0.0118. The number of fused-ring (bicyclic) bond motifs is 5. The largest absolute Gasteiger partial charge is 0.435 e. The van der Waals surface area contributed by atoms with Gasteiger partial charge in [-0.25, -0.2) is 19.5 Å². The topological polar surface area (TPSA) is 73.8 Å². The summed E-state index contributed by atoms with van der Waals surface area (Å²) in [4.78, 5) is 12.5. The van der Waals surface area contributed by atoms with Gasteiger partial charge in [0.15, 0.2) is 11.3 Å². The number of alkyl halides is 6. The number of rotatable bonds is 2. The Morgan fingerprint density at radius 3 is 2.34 bits per heavy atom. The summed E-state index contributed by atoms with van der Waals surface area (Å²) in [6.45, 7) is 3.32. The molecule has 0 bridgehead atoms. The number of nitrogens with zero attached hydrogens (tertiary/aromatic N) is 7. The standard InChI is InChI=1S/C18H11F6N7S/c1-3-30-8(5-10(28-30)18(22,23)24)14-27-15-13-12(25-6-31(15)29-14)11-7(2)4-9(17(19,20)21)26-16(11)32-13/h4-6H,3H2,1-2H3. The van der Waals surface area contributed by atoms with Crippen LogP contribution in [0.1, 0.15) is 23.9 Å². The van der Waals surface area contributed by atoms with Crippen LogP contribution in [0, 0.1) is 6.92 Å². The van der Waals surface area contributed by atoms with Gasteiger partial charge in [0.2, 0.25) is 5.82 Å². The molecule has 0 saturated carbocycles. The molecule has 0 fully saturated rings. The molecule has 5 aromatic heterocycles. The molecule has 14 heteroatoms. The molecule has 0 aliphatic heterocycles. The van der Waals surface area contributed by atoms with Gasteiger partial charge in [-0.2, -0.15) is 31.4 Å². The highest BCUT2D eigenvalue weighted by Crippen LogP contribution is 2.39. The molecule has 0 unspecified atom stereocenters. The Morgan fingerprint density at radius 1 is 0.969 bits per heavy atom. The molecule has 0 N–H and O–H groups in total. The Balaban J connectivity index is 1.75. The van der Waals surface area contributed by atoms with Crippen LogP contribution in [0.15, 0.2) is 18.5 Å². The van der Waals surface area contributed by atoms with E-state index in [1.807, 2.05) is 0 Å². The fourth-order valence-corrected chi connectivity index (χ4v) is 4.62. The lowest BCUT2D eigenvalue weighted by atomic mass is 10.1. The lowest BCUT2D eigenvalue weighted by Crippen LogP contribution is -2.07. The number of hydrogen-bond acceptors (Lipinski definition) is 6. The average molecular weight is 471 g/mol. The zero-order chi connectivity index (χ0) is 23.0. The van der Waals surface area contributed by atoms with Crippen LogP contribution in [-0.4, -0.2) is 34.3 Å². The van der Waals surface area contributed by atoms with Crippen LogP contribution in [0.5, 0.6) is 0 Å². The van der Waals surface area contributed by atoms with Crippen molar-refractivity contribution in [2.45, 2.75) is 32.7 Å². The van der Waals surface area contributed by atoms with Gasteiger partial charge in [-0.05, 0) is 31.5 Å². The Labute approximate surface area is 178 Å². The van der Waals surface area contributed by atoms with Gasteiger partial charge in [0.05, 0.1) is 5.52 Å². The number of aryl methyl sites for hydroxylation is 2. The van der Waals surface area contributed by atoms with E-state index in [4.69, 9.17) is 0 Å². The zero-order valence-corrected chi connectivity index (χ0v) is 17.1. The molecule has 0 aliphatic carbocycles. The van der Waals surface area contributed by atoms with Crippen LogP contribution in [0.2, 0.25) is 0 Å². The van der Waals surface area contributed by atoms with E-state index in [9.17, 15) is 26.3 Å². The van der Waals surface area contributed by atoms with Gasteiger partial charge in [0, 0.05) is 11.9 Å². The van der Waals surface area contributed by atoms with E-state index in [2.05, 4.69) is 25.1 Å². The van der Waals surface area contributed by atoms with E-state index >= 15 is 0 Å². The van der Waals surface area contributed by atoms with Gasteiger partial charge in [-0.1, -0.05) is 0 Å². The summed E-state index contributed by atoms with van der Waals surface area (Å²) in [5, 5.41) is 8.23. The van der Waals surface area contributed by atoms with Crippen LogP contribution in [0.3, 0.4) is 0 Å². The van der Waals surface area contributed by atoms with Crippen molar-refractivity contribution in [3.05, 3.63) is 35.4 Å². The summed E-state index contributed by atoms with van der Waals surface area (Å²) < 4.78 is 81.6. The van der Waals surface area contributed by atoms with Crippen LogP contribution in [-0.2, 0) is 18.9 Å². The van der Waals surface area contributed by atoms with Crippen molar-refractivity contribution in [1.29, 1.82) is 0 Å². The third-order valence-corrected chi connectivity index (χ3v) is 5.92. The van der Waals surface area contributed by atoms with Crippen LogP contribution in [0.4, 0.5) is 26.3 Å². The average Bonchev–Trinajstić information content (AvgIpc) is 3.39. The molecule has 0 amide bonds. The highest BCUT2D eigenvalue weighted by atomic mass is 32.1. The van der Waals surface area contributed by atoms with Crippen LogP contribution < -0.4 is 0 Å². The molecule has 32 heavy (non-hydrogen) atoms. The van der Waals surface area contributed by atoms with Crippen molar-refractivity contribution in [3.63, 3.8) is 0 Å². The highest BCUT2D eigenvalue weighted by molar-refractivity contribution is 7.26. The molecule has 0 saturated heterocycles.